The molecule has 0 fully saturated rings. The second kappa shape index (κ2) is 4.77. The molecule has 9 nitrogen and oxygen atoms in total. The molecule has 0 saturated carbocycles. The fourth-order valence-electron chi connectivity index (χ4n) is 0.910. The van der Waals surface area contributed by atoms with Crippen LogP contribution in [0.2, 0.25) is 0 Å². The molecule has 0 aliphatic rings. The summed E-state index contributed by atoms with van der Waals surface area (Å²) in [5.74, 6) is -0.308. The number of ether oxygens (including phenoxy) is 1. The lowest BCUT2D eigenvalue weighted by Crippen LogP contribution is -2.38. The number of nitrogens with two attached hydrogens (primary N) is 1. The lowest BCUT2D eigenvalue weighted by molar-refractivity contribution is -0.758. The van der Waals surface area contributed by atoms with E-state index in [1.54, 1.807) is 0 Å². The topological polar surface area (TPSA) is 128 Å². The highest BCUT2D eigenvalue weighted by molar-refractivity contribution is 5.90. The smallest absolute Gasteiger partial charge is 0.317 e. The summed E-state index contributed by atoms with van der Waals surface area (Å²) >= 11 is 0. The Kier molecular flexibility index (Phi) is 3.43. The van der Waals surface area contributed by atoms with Gasteiger partial charge in [-0.3, -0.25) is 5.41 Å². The van der Waals surface area contributed by atoms with Crippen molar-refractivity contribution >= 4 is 11.6 Å². The minimum absolute atomic E-state index is 0.144. The van der Waals surface area contributed by atoms with Gasteiger partial charge in [-0.05, 0) is 6.07 Å². The highest BCUT2D eigenvalue weighted by atomic mass is 17.0. The number of methoxy groups -OCH3 is 1. The fraction of sp³-hybridized carbons (Fsp3) is 0.143. The summed E-state index contributed by atoms with van der Waals surface area (Å²) in [6.45, 7) is 0. The van der Waals surface area contributed by atoms with E-state index in [-0.39, 0.29) is 5.69 Å². The average Bonchev–Trinajstić information content (AvgIpc) is 2.25. The average molecular weight is 227 g/mol. The molecule has 3 N–H and O–H groups in total. The van der Waals surface area contributed by atoms with Crippen molar-refractivity contribution in [3.05, 3.63) is 28.4 Å². The predicted octanol–water partition coefficient (Wildman–Crippen LogP) is -0.0866. The Morgan fingerprint density at radius 3 is 2.75 bits per heavy atom. The van der Waals surface area contributed by atoms with Crippen LogP contribution in [0.25, 0.3) is 0 Å². The van der Waals surface area contributed by atoms with Gasteiger partial charge in [0.25, 0.3) is 0 Å². The first-order valence-corrected chi connectivity index (χ1v) is 4.01. The Morgan fingerprint density at radius 2 is 2.38 bits per heavy atom. The molecule has 1 aromatic heterocycles. The molecule has 1 rings (SSSR count). The lowest BCUT2D eigenvalue weighted by atomic mass is 10.4. The van der Waals surface area contributed by atoms with Crippen LogP contribution in [0.4, 0.5) is 5.69 Å². The van der Waals surface area contributed by atoms with E-state index in [9.17, 15) is 10.1 Å². The first-order valence-electron chi connectivity index (χ1n) is 4.01. The molecule has 0 saturated heterocycles. The first kappa shape index (κ1) is 11.5. The first-order chi connectivity index (χ1) is 7.54. The molecule has 16 heavy (non-hydrogen) atoms. The zero-order chi connectivity index (χ0) is 12.1. The summed E-state index contributed by atoms with van der Waals surface area (Å²) in [4.78, 5) is 18.0. The van der Waals surface area contributed by atoms with Crippen LogP contribution in [0.5, 0.6) is 5.88 Å². The number of rotatable bonds is 4. The van der Waals surface area contributed by atoms with Crippen LogP contribution in [0.1, 0.15) is 0 Å². The number of nitrogens with one attached hydrogen (secondary N) is 1. The largest absolute Gasteiger partial charge is 0.481 e. The highest BCUT2D eigenvalue weighted by Gasteiger charge is 2.14. The second-order valence-corrected chi connectivity index (χ2v) is 2.54. The third-order valence-corrected chi connectivity index (χ3v) is 1.53. The molecule has 0 amide bonds. The summed E-state index contributed by atoms with van der Waals surface area (Å²) in [5.41, 5.74) is 5.25. The molecule has 1 aromatic rings. The highest BCUT2D eigenvalue weighted by Crippen LogP contribution is 2.15. The van der Waals surface area contributed by atoms with Crippen molar-refractivity contribution in [3.63, 3.8) is 0 Å². The van der Waals surface area contributed by atoms with Gasteiger partial charge in [0.15, 0.2) is 0 Å². The monoisotopic (exact) mass is 227 g/mol. The second-order valence-electron chi connectivity index (χ2n) is 2.54. The van der Waals surface area contributed by atoms with E-state index in [0.717, 1.165) is 0 Å². The van der Waals surface area contributed by atoms with Crippen molar-refractivity contribution in [2.45, 2.75) is 0 Å². The van der Waals surface area contributed by atoms with Crippen LogP contribution in [0.3, 0.4) is 0 Å². The van der Waals surface area contributed by atoms with E-state index in [1.807, 2.05) is 0 Å². The van der Waals surface area contributed by atoms with E-state index >= 15 is 0 Å². The van der Waals surface area contributed by atoms with Gasteiger partial charge in [0.1, 0.15) is 0 Å². The fourth-order valence-corrected chi connectivity index (χ4v) is 0.910. The predicted molar refractivity (Wildman–Crippen MR) is 53.3 cm³/mol. The maximum Gasteiger partial charge on any atom is 0.317 e. The molecule has 0 atom stereocenters. The summed E-state index contributed by atoms with van der Waals surface area (Å²) in [6, 6.07) is 2.87. The Balaban J connectivity index is 2.92. The van der Waals surface area contributed by atoms with Crippen LogP contribution in [0, 0.1) is 15.5 Å². The van der Waals surface area contributed by atoms with Gasteiger partial charge in [0, 0.05) is 6.07 Å². The number of nitrogens with zero attached hydrogens (tertiary/aromatic N) is 3. The number of anilines is 1. The van der Waals surface area contributed by atoms with E-state index < -0.39 is 11.0 Å². The van der Waals surface area contributed by atoms with Gasteiger partial charge in [0.2, 0.25) is 11.8 Å². The zero-order valence-electron chi connectivity index (χ0n) is 8.28. The van der Waals surface area contributed by atoms with Crippen LogP contribution >= 0.6 is 0 Å². The van der Waals surface area contributed by atoms with E-state index in [1.165, 1.54) is 25.4 Å². The number of hydrogen-bond acceptors (Lipinski definition) is 6. The molecule has 0 bridgehead atoms. The number of hydroxylamine groups is 1. The Bertz CT molecular complexity index is 392. The van der Waals surface area contributed by atoms with Crippen LogP contribution in [-0.2, 0) is 4.94 Å². The number of guanidine groups is 1. The molecule has 0 aliphatic carbocycles. The van der Waals surface area contributed by atoms with Gasteiger partial charge >= 0.3 is 5.09 Å². The van der Waals surface area contributed by atoms with E-state index in [0.29, 0.717) is 10.9 Å². The van der Waals surface area contributed by atoms with Crippen molar-refractivity contribution in [2.24, 2.45) is 5.73 Å². The minimum atomic E-state index is -1.08. The van der Waals surface area contributed by atoms with Crippen LogP contribution in [0.15, 0.2) is 18.3 Å². The van der Waals surface area contributed by atoms with Gasteiger partial charge in [-0.15, -0.1) is 15.2 Å². The van der Waals surface area contributed by atoms with Crippen molar-refractivity contribution in [3.8, 4) is 5.88 Å². The summed E-state index contributed by atoms with van der Waals surface area (Å²) in [5, 5.41) is 16.7. The molecule has 1 heterocycles. The SMILES string of the molecule is COc1ccc(N(O[N+](=O)[O-])C(=N)N)cn1. The Hall–Kier alpha value is -2.58. The Labute approximate surface area is 90.0 Å². The van der Waals surface area contributed by atoms with Crippen LogP contribution in [-0.4, -0.2) is 23.1 Å². The summed E-state index contributed by atoms with van der Waals surface area (Å²) in [6.07, 6.45) is 1.23. The number of aromatic nitrogens is 1. The normalized spacial score (nSPS) is 9.31. The van der Waals surface area contributed by atoms with Gasteiger partial charge in [0.05, 0.1) is 19.0 Å². The van der Waals surface area contributed by atoms with Gasteiger partial charge in [-0.2, -0.15) is 4.94 Å². The molecule has 0 aromatic carbocycles. The molecule has 86 valence electrons. The van der Waals surface area contributed by atoms with Crippen LogP contribution < -0.4 is 15.5 Å². The molecule has 0 spiro atoms. The zero-order valence-corrected chi connectivity index (χ0v) is 8.28. The third kappa shape index (κ3) is 2.70. The quantitative estimate of drug-likeness (QED) is 0.318. The Morgan fingerprint density at radius 1 is 1.69 bits per heavy atom. The molecule has 0 aliphatic heterocycles. The molecular weight excluding hydrogens is 218 g/mol. The van der Waals surface area contributed by atoms with E-state index in [2.05, 4.69) is 9.92 Å². The molecule has 0 unspecified atom stereocenters. The van der Waals surface area contributed by atoms with Gasteiger partial charge < -0.3 is 10.5 Å². The van der Waals surface area contributed by atoms with E-state index in [4.69, 9.17) is 15.9 Å². The summed E-state index contributed by atoms with van der Waals surface area (Å²) in [7, 11) is 1.43. The number of hydrogen-bond donors (Lipinski definition) is 2. The molecular formula is C7H9N5O4. The lowest BCUT2D eigenvalue weighted by Gasteiger charge is -2.17. The molecule has 0 radical (unpaired) electrons. The summed E-state index contributed by atoms with van der Waals surface area (Å²) < 4.78 is 4.80. The van der Waals surface area contributed by atoms with Crippen molar-refractivity contribution in [1.82, 2.24) is 4.98 Å². The van der Waals surface area contributed by atoms with Crippen molar-refractivity contribution in [1.29, 1.82) is 5.41 Å². The maximum atomic E-state index is 10.2. The minimum Gasteiger partial charge on any atom is -0.481 e. The standard InChI is InChI=1S/C7H9N5O4/c1-15-6-3-2-5(4-10-6)11(7(8)9)16-12(13)14/h2-4H,1H3,(H3,8,9). The maximum absolute atomic E-state index is 10.2. The van der Waals surface area contributed by atoms with Gasteiger partial charge in [-0.25, -0.2) is 4.98 Å². The van der Waals surface area contributed by atoms with Gasteiger partial charge in [-0.1, -0.05) is 0 Å². The van der Waals surface area contributed by atoms with Crippen molar-refractivity contribution < 1.29 is 14.8 Å². The molecule has 9 heteroatoms. The van der Waals surface area contributed by atoms with Crippen molar-refractivity contribution in [2.75, 3.05) is 12.2 Å². The third-order valence-electron chi connectivity index (χ3n) is 1.53. The number of pyridine rings is 1.